The maximum absolute atomic E-state index is 13.4. The minimum Gasteiger partial charge on any atom is -0.490 e. The van der Waals surface area contributed by atoms with E-state index in [1.165, 1.54) is 45.6 Å². The van der Waals surface area contributed by atoms with Gasteiger partial charge in [0, 0.05) is 24.8 Å². The van der Waals surface area contributed by atoms with Crippen molar-refractivity contribution in [3.63, 3.8) is 0 Å². The lowest BCUT2D eigenvalue weighted by atomic mass is 9.95. The average molecular weight is 570 g/mol. The largest absolute Gasteiger partial charge is 0.490 e. The molecule has 0 N–H and O–H groups in total. The van der Waals surface area contributed by atoms with E-state index in [1.807, 2.05) is 50.3 Å². The van der Waals surface area contributed by atoms with E-state index < -0.39 is 6.04 Å². The van der Waals surface area contributed by atoms with Crippen LogP contribution in [0.3, 0.4) is 0 Å². The van der Waals surface area contributed by atoms with E-state index >= 15 is 0 Å². The Morgan fingerprint density at radius 1 is 0.927 bits per heavy atom. The summed E-state index contributed by atoms with van der Waals surface area (Å²) in [5.41, 5.74) is 1.05. The highest BCUT2D eigenvalue weighted by Crippen LogP contribution is 2.32. The molecule has 232 valence electrons. The van der Waals surface area contributed by atoms with Crippen molar-refractivity contribution in [3.8, 4) is 0 Å². The van der Waals surface area contributed by atoms with E-state index in [4.69, 9.17) is 9.47 Å². The monoisotopic (exact) mass is 569 g/mol. The lowest BCUT2D eigenvalue weighted by Gasteiger charge is -2.33. The number of nitrogens with zero attached hydrogens (tertiary/aromatic N) is 1. The van der Waals surface area contributed by atoms with Crippen molar-refractivity contribution in [3.05, 3.63) is 60.9 Å². The predicted molar refractivity (Wildman–Crippen MR) is 171 cm³/mol. The molecule has 1 aromatic rings. The molecule has 5 atom stereocenters. The average Bonchev–Trinajstić information content (AvgIpc) is 2.98. The van der Waals surface area contributed by atoms with E-state index in [1.54, 1.807) is 4.90 Å². The Kier molecular flexibility index (Phi) is 18.8. The van der Waals surface area contributed by atoms with Gasteiger partial charge in [-0.15, -0.1) is 6.58 Å². The van der Waals surface area contributed by atoms with Crippen molar-refractivity contribution in [1.82, 2.24) is 4.90 Å². The maximum atomic E-state index is 13.4. The summed E-state index contributed by atoms with van der Waals surface area (Å²) in [6.45, 7) is 19.4. The molecule has 0 aliphatic carbocycles. The van der Waals surface area contributed by atoms with E-state index in [0.717, 1.165) is 37.2 Å². The molecule has 0 saturated heterocycles. The van der Waals surface area contributed by atoms with Crippen molar-refractivity contribution in [2.75, 3.05) is 13.7 Å². The van der Waals surface area contributed by atoms with Crippen molar-refractivity contribution >= 4 is 11.9 Å². The van der Waals surface area contributed by atoms with Gasteiger partial charge in [-0.25, -0.2) is 4.79 Å². The SMILES string of the molecule is C=C[C@@H](C)[C@@H](OC(=C)C(C)C[C@@H](C(=O)OC)N(CCC)C(=O)CCCCCC(C)CCCCCC)c1ccccc1. The number of allylic oxidation sites excluding steroid dienone is 1. The number of methoxy groups -OCH3 is 1. The van der Waals surface area contributed by atoms with Gasteiger partial charge in [0.15, 0.2) is 0 Å². The number of esters is 1. The summed E-state index contributed by atoms with van der Waals surface area (Å²) in [4.78, 5) is 28.1. The zero-order valence-electron chi connectivity index (χ0n) is 27.0. The Morgan fingerprint density at radius 2 is 1.56 bits per heavy atom. The van der Waals surface area contributed by atoms with E-state index in [-0.39, 0.29) is 29.8 Å². The highest BCUT2D eigenvalue weighted by molar-refractivity contribution is 5.84. The highest BCUT2D eigenvalue weighted by Gasteiger charge is 2.33. The molecule has 1 aromatic carbocycles. The first kappa shape index (κ1) is 36.5. The summed E-state index contributed by atoms with van der Waals surface area (Å²) in [6.07, 6.45) is 14.1. The van der Waals surface area contributed by atoms with Crippen LogP contribution in [0.2, 0.25) is 0 Å². The van der Waals surface area contributed by atoms with Gasteiger partial charge in [-0.1, -0.05) is 129 Å². The van der Waals surface area contributed by atoms with Gasteiger partial charge >= 0.3 is 5.97 Å². The van der Waals surface area contributed by atoms with E-state index in [0.29, 0.717) is 25.1 Å². The van der Waals surface area contributed by atoms with Gasteiger partial charge in [0.25, 0.3) is 0 Å². The van der Waals surface area contributed by atoms with Crippen LogP contribution in [-0.4, -0.2) is 36.5 Å². The van der Waals surface area contributed by atoms with Crippen LogP contribution in [-0.2, 0) is 19.1 Å². The molecule has 2 unspecified atom stereocenters. The number of benzene rings is 1. The molecular formula is C36H59NO4. The molecule has 0 heterocycles. The minimum atomic E-state index is -0.669. The third-order valence-electron chi connectivity index (χ3n) is 8.15. The van der Waals surface area contributed by atoms with Gasteiger partial charge in [-0.3, -0.25) is 4.79 Å². The molecule has 5 nitrogen and oxygen atoms in total. The first-order chi connectivity index (χ1) is 19.7. The third-order valence-corrected chi connectivity index (χ3v) is 8.15. The van der Waals surface area contributed by atoms with Gasteiger partial charge < -0.3 is 14.4 Å². The first-order valence-corrected chi connectivity index (χ1v) is 16.1. The van der Waals surface area contributed by atoms with Crippen LogP contribution in [0.5, 0.6) is 0 Å². The van der Waals surface area contributed by atoms with Crippen LogP contribution in [0.1, 0.15) is 123 Å². The Labute approximate surface area is 251 Å². The molecule has 5 heteroatoms. The fraction of sp³-hybridized carbons (Fsp3) is 0.667. The maximum Gasteiger partial charge on any atom is 0.328 e. The quantitative estimate of drug-likeness (QED) is 0.0570. The van der Waals surface area contributed by atoms with Crippen molar-refractivity contribution < 1.29 is 19.1 Å². The molecule has 0 aromatic heterocycles. The van der Waals surface area contributed by atoms with Crippen LogP contribution >= 0.6 is 0 Å². The number of carbonyl (C=O) groups is 2. The van der Waals surface area contributed by atoms with Gasteiger partial charge in [0.2, 0.25) is 5.91 Å². The topological polar surface area (TPSA) is 55.8 Å². The van der Waals surface area contributed by atoms with Crippen molar-refractivity contribution in [2.45, 2.75) is 124 Å². The van der Waals surface area contributed by atoms with Crippen LogP contribution in [0.4, 0.5) is 0 Å². The smallest absolute Gasteiger partial charge is 0.328 e. The fourth-order valence-corrected chi connectivity index (χ4v) is 5.33. The number of carbonyl (C=O) groups excluding carboxylic acids is 2. The number of unbranched alkanes of at least 4 members (excludes halogenated alkanes) is 5. The molecule has 0 spiro atoms. The molecule has 0 aliphatic rings. The second-order valence-corrected chi connectivity index (χ2v) is 11.8. The molecule has 0 fully saturated rings. The van der Waals surface area contributed by atoms with Gasteiger partial charge in [-0.2, -0.15) is 0 Å². The van der Waals surface area contributed by atoms with Gasteiger partial charge in [-0.05, 0) is 30.7 Å². The summed E-state index contributed by atoms with van der Waals surface area (Å²) in [6, 6.07) is 9.37. The third kappa shape index (κ3) is 13.8. The summed E-state index contributed by atoms with van der Waals surface area (Å²) in [7, 11) is 1.39. The second-order valence-electron chi connectivity index (χ2n) is 11.8. The molecule has 0 radical (unpaired) electrons. The van der Waals surface area contributed by atoms with Crippen LogP contribution in [0.15, 0.2) is 55.3 Å². The Morgan fingerprint density at radius 3 is 2.12 bits per heavy atom. The lowest BCUT2D eigenvalue weighted by Crippen LogP contribution is -2.47. The fourth-order valence-electron chi connectivity index (χ4n) is 5.33. The second kappa shape index (κ2) is 21.2. The molecule has 1 amide bonds. The zero-order valence-corrected chi connectivity index (χ0v) is 27.0. The van der Waals surface area contributed by atoms with Crippen LogP contribution in [0, 0.1) is 17.8 Å². The van der Waals surface area contributed by atoms with Gasteiger partial charge in [0.1, 0.15) is 12.1 Å². The Balaban J connectivity index is 2.77. The van der Waals surface area contributed by atoms with E-state index in [2.05, 4.69) is 33.9 Å². The van der Waals surface area contributed by atoms with Crippen molar-refractivity contribution in [1.29, 1.82) is 0 Å². The Hall–Kier alpha value is -2.56. The summed E-state index contributed by atoms with van der Waals surface area (Å²) < 4.78 is 11.6. The Bertz CT molecular complexity index is 883. The standard InChI is InChI=1S/C36H59NO4/c1-9-12-13-16-21-28(4)22-17-14-20-25-34(38)37(26-10-2)33(36(39)40-8)27-30(6)31(7)41-35(29(5)11-3)32-23-18-15-19-24-32/h11,15,18-19,23-24,28-30,33,35H,3,7,9-10,12-14,16-17,20-22,25-27H2,1-2,4-6,8H3/t28?,29-,30?,33+,35-/m1/s1. The molecule has 0 aliphatic heterocycles. The van der Waals surface area contributed by atoms with Gasteiger partial charge in [0.05, 0.1) is 12.9 Å². The van der Waals surface area contributed by atoms with Crippen molar-refractivity contribution in [2.24, 2.45) is 17.8 Å². The van der Waals surface area contributed by atoms with E-state index in [9.17, 15) is 9.59 Å². The number of hydrogen-bond donors (Lipinski definition) is 0. The normalized spacial score (nSPS) is 14.8. The number of hydrogen-bond acceptors (Lipinski definition) is 4. The summed E-state index contributed by atoms with van der Waals surface area (Å²) >= 11 is 0. The molecule has 0 saturated carbocycles. The highest BCUT2D eigenvalue weighted by atomic mass is 16.5. The minimum absolute atomic E-state index is 0.0241. The molecular weight excluding hydrogens is 510 g/mol. The lowest BCUT2D eigenvalue weighted by molar-refractivity contribution is -0.153. The first-order valence-electron chi connectivity index (χ1n) is 16.1. The van der Waals surface area contributed by atoms with Crippen LogP contribution < -0.4 is 0 Å². The number of ether oxygens (including phenoxy) is 2. The molecule has 1 rings (SSSR count). The number of rotatable bonds is 23. The number of amides is 1. The summed E-state index contributed by atoms with van der Waals surface area (Å²) in [5.74, 6) is 0.886. The summed E-state index contributed by atoms with van der Waals surface area (Å²) in [5, 5.41) is 0. The molecule has 41 heavy (non-hydrogen) atoms. The molecule has 0 bridgehead atoms. The zero-order chi connectivity index (χ0) is 30.6. The van der Waals surface area contributed by atoms with Crippen LogP contribution in [0.25, 0.3) is 0 Å². The predicted octanol–water partition coefficient (Wildman–Crippen LogP) is 9.44.